The number of phenols is 1. The van der Waals surface area contributed by atoms with Gasteiger partial charge in [0, 0.05) is 5.56 Å². The second kappa shape index (κ2) is 6.10. The van der Waals surface area contributed by atoms with Crippen LogP contribution in [0.25, 0.3) is 11.1 Å². The van der Waals surface area contributed by atoms with Crippen molar-refractivity contribution in [2.24, 2.45) is 5.16 Å². The molecule has 0 bridgehead atoms. The number of hydrogen-bond donors (Lipinski definition) is 2. The van der Waals surface area contributed by atoms with E-state index in [1.54, 1.807) is 19.1 Å². The molecule has 0 spiro atoms. The molecule has 0 aromatic heterocycles. The fourth-order valence-electron chi connectivity index (χ4n) is 1.98. The molecule has 0 aliphatic heterocycles. The highest BCUT2D eigenvalue weighted by molar-refractivity contribution is 6.01. The number of ether oxygens (including phenoxy) is 1. The Morgan fingerprint density at radius 2 is 1.75 bits per heavy atom. The molecule has 4 heteroatoms. The molecule has 0 atom stereocenters. The van der Waals surface area contributed by atoms with Crippen LogP contribution in [0.4, 0.5) is 0 Å². The normalized spacial score (nSPS) is 11.4. The Balaban J connectivity index is 2.31. The van der Waals surface area contributed by atoms with E-state index in [4.69, 9.17) is 9.94 Å². The average molecular weight is 271 g/mol. The van der Waals surface area contributed by atoms with Crippen molar-refractivity contribution in [1.82, 2.24) is 0 Å². The van der Waals surface area contributed by atoms with Crippen LogP contribution < -0.4 is 4.74 Å². The molecule has 20 heavy (non-hydrogen) atoms. The Hall–Kier alpha value is -2.49. The number of aromatic hydroxyl groups is 1. The Morgan fingerprint density at radius 1 is 1.10 bits per heavy atom. The van der Waals surface area contributed by atoms with Crippen molar-refractivity contribution in [3.8, 4) is 22.6 Å². The first kappa shape index (κ1) is 13.9. The summed E-state index contributed by atoms with van der Waals surface area (Å²) in [6, 6.07) is 12.9. The Morgan fingerprint density at radius 3 is 2.30 bits per heavy atom. The molecule has 2 N–H and O–H groups in total. The fourth-order valence-corrected chi connectivity index (χ4v) is 1.98. The summed E-state index contributed by atoms with van der Waals surface area (Å²) < 4.78 is 5.39. The summed E-state index contributed by atoms with van der Waals surface area (Å²) >= 11 is 0. The van der Waals surface area contributed by atoms with Crippen LogP contribution in [0.1, 0.15) is 19.4 Å². The molecule has 0 heterocycles. The van der Waals surface area contributed by atoms with Gasteiger partial charge in [0.2, 0.25) is 0 Å². The summed E-state index contributed by atoms with van der Waals surface area (Å²) in [5.41, 5.74) is 2.76. The second-order valence-corrected chi connectivity index (χ2v) is 4.37. The van der Waals surface area contributed by atoms with Gasteiger partial charge in [0.05, 0.1) is 12.3 Å². The SMILES string of the molecule is CCOc1ccc(-c2ccc(/C(C)=N/O)c(O)c2)cc1. The van der Waals surface area contributed by atoms with Gasteiger partial charge in [-0.25, -0.2) is 0 Å². The Bertz CT molecular complexity index is 618. The Labute approximate surface area is 117 Å². The molecule has 2 rings (SSSR count). The third-order valence-corrected chi connectivity index (χ3v) is 3.04. The molecule has 0 fully saturated rings. The van der Waals surface area contributed by atoms with Crippen molar-refractivity contribution in [3.63, 3.8) is 0 Å². The first-order valence-electron chi connectivity index (χ1n) is 6.41. The van der Waals surface area contributed by atoms with Crippen molar-refractivity contribution in [2.75, 3.05) is 6.61 Å². The molecule has 0 saturated carbocycles. The summed E-state index contributed by atoms with van der Waals surface area (Å²) in [4.78, 5) is 0. The Kier molecular flexibility index (Phi) is 4.25. The number of hydrogen-bond acceptors (Lipinski definition) is 4. The molecule has 2 aromatic carbocycles. The molecular weight excluding hydrogens is 254 g/mol. The lowest BCUT2D eigenvalue weighted by Gasteiger charge is -2.08. The lowest BCUT2D eigenvalue weighted by molar-refractivity contribution is 0.318. The van der Waals surface area contributed by atoms with Gasteiger partial charge in [-0.2, -0.15) is 0 Å². The van der Waals surface area contributed by atoms with E-state index in [0.29, 0.717) is 17.9 Å². The predicted molar refractivity (Wildman–Crippen MR) is 78.7 cm³/mol. The quantitative estimate of drug-likeness (QED) is 0.507. The second-order valence-electron chi connectivity index (χ2n) is 4.37. The highest BCUT2D eigenvalue weighted by Gasteiger charge is 2.07. The molecule has 0 amide bonds. The van der Waals surface area contributed by atoms with Gasteiger partial charge in [0.25, 0.3) is 0 Å². The van der Waals surface area contributed by atoms with Crippen molar-refractivity contribution in [3.05, 3.63) is 48.0 Å². The van der Waals surface area contributed by atoms with E-state index >= 15 is 0 Å². The van der Waals surface area contributed by atoms with Gasteiger partial charge in [-0.05, 0) is 49.2 Å². The maximum absolute atomic E-state index is 9.98. The summed E-state index contributed by atoms with van der Waals surface area (Å²) in [6.45, 7) is 4.20. The van der Waals surface area contributed by atoms with E-state index in [-0.39, 0.29) is 5.75 Å². The first-order valence-corrected chi connectivity index (χ1v) is 6.41. The van der Waals surface area contributed by atoms with Crippen LogP contribution in [0, 0.1) is 0 Å². The van der Waals surface area contributed by atoms with Crippen molar-refractivity contribution < 1.29 is 15.1 Å². The van der Waals surface area contributed by atoms with E-state index in [2.05, 4.69) is 5.16 Å². The highest BCUT2D eigenvalue weighted by Crippen LogP contribution is 2.28. The monoisotopic (exact) mass is 271 g/mol. The van der Waals surface area contributed by atoms with Gasteiger partial charge in [0.1, 0.15) is 11.5 Å². The smallest absolute Gasteiger partial charge is 0.125 e. The third kappa shape index (κ3) is 2.91. The van der Waals surface area contributed by atoms with E-state index in [1.807, 2.05) is 37.3 Å². The lowest BCUT2D eigenvalue weighted by atomic mass is 10.0. The van der Waals surface area contributed by atoms with Gasteiger partial charge in [0.15, 0.2) is 0 Å². The van der Waals surface area contributed by atoms with E-state index in [0.717, 1.165) is 16.9 Å². The van der Waals surface area contributed by atoms with Crippen LogP contribution >= 0.6 is 0 Å². The molecule has 0 aliphatic carbocycles. The third-order valence-electron chi connectivity index (χ3n) is 3.04. The zero-order valence-electron chi connectivity index (χ0n) is 11.5. The molecule has 0 unspecified atom stereocenters. The first-order chi connectivity index (χ1) is 9.65. The molecule has 104 valence electrons. The summed E-state index contributed by atoms with van der Waals surface area (Å²) in [5.74, 6) is 0.909. The van der Waals surface area contributed by atoms with Crippen LogP contribution in [-0.4, -0.2) is 22.6 Å². The number of rotatable bonds is 4. The molecular formula is C16H17NO3. The van der Waals surface area contributed by atoms with Gasteiger partial charge < -0.3 is 15.1 Å². The molecule has 0 saturated heterocycles. The molecule has 2 aromatic rings. The largest absolute Gasteiger partial charge is 0.507 e. The van der Waals surface area contributed by atoms with Crippen molar-refractivity contribution in [2.45, 2.75) is 13.8 Å². The highest BCUT2D eigenvalue weighted by atomic mass is 16.5. The van der Waals surface area contributed by atoms with E-state index in [9.17, 15) is 5.11 Å². The lowest BCUT2D eigenvalue weighted by Crippen LogP contribution is -1.95. The van der Waals surface area contributed by atoms with Gasteiger partial charge >= 0.3 is 0 Å². The van der Waals surface area contributed by atoms with Crippen LogP contribution in [-0.2, 0) is 0 Å². The minimum atomic E-state index is 0.0895. The zero-order valence-corrected chi connectivity index (χ0v) is 11.5. The average Bonchev–Trinajstić information content (AvgIpc) is 2.47. The summed E-state index contributed by atoms with van der Waals surface area (Å²) in [5, 5.41) is 21.8. The number of phenolic OH excluding ortho intramolecular Hbond substituents is 1. The van der Waals surface area contributed by atoms with Crippen LogP contribution in [0.5, 0.6) is 11.5 Å². The maximum atomic E-state index is 9.98. The zero-order chi connectivity index (χ0) is 14.5. The van der Waals surface area contributed by atoms with Crippen LogP contribution in [0.15, 0.2) is 47.6 Å². The summed E-state index contributed by atoms with van der Waals surface area (Å²) in [7, 11) is 0. The fraction of sp³-hybridized carbons (Fsp3) is 0.188. The molecule has 0 radical (unpaired) electrons. The van der Waals surface area contributed by atoms with Crippen molar-refractivity contribution >= 4 is 5.71 Å². The number of oxime groups is 1. The van der Waals surface area contributed by atoms with Gasteiger partial charge in [-0.15, -0.1) is 0 Å². The molecule has 4 nitrogen and oxygen atoms in total. The minimum Gasteiger partial charge on any atom is -0.507 e. The maximum Gasteiger partial charge on any atom is 0.125 e. The van der Waals surface area contributed by atoms with Crippen molar-refractivity contribution in [1.29, 1.82) is 0 Å². The van der Waals surface area contributed by atoms with E-state index in [1.165, 1.54) is 0 Å². The number of benzene rings is 2. The minimum absolute atomic E-state index is 0.0895. The topological polar surface area (TPSA) is 62.0 Å². The predicted octanol–water partition coefficient (Wildman–Crippen LogP) is 3.66. The standard InChI is InChI=1S/C16H17NO3/c1-3-20-14-7-4-12(5-8-14)13-6-9-15(11(2)17-19)16(18)10-13/h4-10,18-19H,3H2,1-2H3/b17-11+. The summed E-state index contributed by atoms with van der Waals surface area (Å²) in [6.07, 6.45) is 0. The van der Waals surface area contributed by atoms with Gasteiger partial charge in [-0.3, -0.25) is 0 Å². The van der Waals surface area contributed by atoms with E-state index < -0.39 is 0 Å². The number of nitrogens with zero attached hydrogens (tertiary/aromatic N) is 1. The van der Waals surface area contributed by atoms with Crippen LogP contribution in [0.2, 0.25) is 0 Å². The van der Waals surface area contributed by atoms with Crippen LogP contribution in [0.3, 0.4) is 0 Å². The molecule has 0 aliphatic rings. The van der Waals surface area contributed by atoms with Gasteiger partial charge in [-0.1, -0.05) is 23.4 Å².